The average Bonchev–Trinajstić information content (AvgIpc) is 3.35. The van der Waals surface area contributed by atoms with Gasteiger partial charge >= 0.3 is 0 Å². The van der Waals surface area contributed by atoms with Gasteiger partial charge in [0.1, 0.15) is 42.4 Å². The summed E-state index contributed by atoms with van der Waals surface area (Å²) in [6.45, 7) is 2.79. The lowest BCUT2D eigenvalue weighted by atomic mass is 10.00. The summed E-state index contributed by atoms with van der Waals surface area (Å²) in [5, 5.41) is 53.0. The molecule has 2 aliphatic rings. The van der Waals surface area contributed by atoms with Crippen molar-refractivity contribution < 1.29 is 53.4 Å². The number of aryl methyl sites for hydroxylation is 1. The van der Waals surface area contributed by atoms with Crippen molar-refractivity contribution in [3.63, 3.8) is 0 Å². The fraction of sp³-hybridized carbons (Fsp3) is 0.706. The van der Waals surface area contributed by atoms with Gasteiger partial charge in [0, 0.05) is 0 Å². The van der Waals surface area contributed by atoms with Gasteiger partial charge in [-0.25, -0.2) is 15.2 Å². The Bertz CT molecular complexity index is 1040. The third-order valence-electron chi connectivity index (χ3n) is 5.57. The zero-order chi connectivity index (χ0) is 24.6. The molecule has 2 aromatic heterocycles. The molecule has 0 saturated carbocycles. The van der Waals surface area contributed by atoms with Gasteiger partial charge in [-0.2, -0.15) is 0 Å². The molecule has 2 aromatic rings. The van der Waals surface area contributed by atoms with Crippen LogP contribution in [-0.2, 0) is 27.8 Å². The lowest BCUT2D eigenvalue weighted by Gasteiger charge is -2.40. The smallest absolute Gasteiger partial charge is 0.279 e. The van der Waals surface area contributed by atoms with Crippen molar-refractivity contribution in [3.05, 3.63) is 22.5 Å². The van der Waals surface area contributed by atoms with Crippen LogP contribution < -0.4 is 5.56 Å². The number of aromatic nitrogens is 4. The molecule has 0 bridgehead atoms. The molecule has 6 N–H and O–H groups in total. The fourth-order valence-corrected chi connectivity index (χ4v) is 4.14. The first-order valence-electron chi connectivity index (χ1n) is 10.1. The minimum absolute atomic E-state index is 0.0274. The highest BCUT2D eigenvalue weighted by atomic mass is 32.2. The Kier molecular flexibility index (Phi) is 7.82. The number of nitrogens with zero attached hydrogens (tertiary/aromatic N) is 3. The Morgan fingerprint density at radius 3 is 2.68 bits per heavy atom. The maximum absolute atomic E-state index is 12.2. The van der Waals surface area contributed by atoms with Gasteiger partial charge in [-0.15, -0.1) is 4.33 Å². The standard InChI is InChI=1S/C17H24N4O12S/c1-5-9(22)10(23)11(24)17(29-5)31-13-7(3-28-34-33-32-27)30-16(12(13)25)21-4-18-8-14(21)19-6(2)20-15(8)26/h4-5,7,9-13,16-17,22-25,27H,3H2,1-2H3,(H,19,20,26)/t5?,7-,9-,10+,11-,12?,13+,16-,17?/m1/s1. The van der Waals surface area contributed by atoms with Crippen LogP contribution in [-0.4, -0.2) is 101 Å². The molecule has 2 fully saturated rings. The minimum Gasteiger partial charge on any atom is -0.388 e. The van der Waals surface area contributed by atoms with Gasteiger partial charge < -0.3 is 39.6 Å². The summed E-state index contributed by atoms with van der Waals surface area (Å²) < 4.78 is 27.7. The lowest BCUT2D eigenvalue weighted by molar-refractivity contribution is -0.434. The molecule has 2 saturated heterocycles. The zero-order valence-electron chi connectivity index (χ0n) is 17.8. The number of rotatable bonds is 8. The zero-order valence-corrected chi connectivity index (χ0v) is 18.6. The van der Waals surface area contributed by atoms with E-state index in [1.807, 2.05) is 0 Å². The normalized spacial score (nSPS) is 36.4. The van der Waals surface area contributed by atoms with Crippen LogP contribution in [0, 0.1) is 6.92 Å². The van der Waals surface area contributed by atoms with E-state index in [1.165, 1.54) is 17.8 Å². The van der Waals surface area contributed by atoms with E-state index in [-0.39, 0.29) is 30.1 Å². The van der Waals surface area contributed by atoms with Gasteiger partial charge in [0.25, 0.3) is 5.56 Å². The molecule has 9 atom stereocenters. The molecule has 4 heterocycles. The molecular weight excluding hydrogens is 484 g/mol. The Balaban J connectivity index is 1.59. The number of hydrogen-bond acceptors (Lipinski definition) is 15. The van der Waals surface area contributed by atoms with Crippen LogP contribution in [0.2, 0.25) is 0 Å². The molecule has 17 heteroatoms. The van der Waals surface area contributed by atoms with Crippen molar-refractivity contribution >= 4 is 23.5 Å². The highest BCUT2D eigenvalue weighted by Crippen LogP contribution is 2.35. The molecular formula is C17H24N4O12S. The van der Waals surface area contributed by atoms with Crippen molar-refractivity contribution in [2.75, 3.05) is 6.61 Å². The SMILES string of the molecule is Cc1nc2c(ncn2[C@@H]2O[C@H](COSOOO)[C@H](OC3OC(C)[C@@H](O)[C@H](O)[C@H]3O)C2O)c(=O)[nH]1. The lowest BCUT2D eigenvalue weighted by Crippen LogP contribution is -2.59. The van der Waals surface area contributed by atoms with Crippen molar-refractivity contribution in [1.29, 1.82) is 0 Å². The molecule has 0 radical (unpaired) electrons. The number of aromatic amines is 1. The second kappa shape index (κ2) is 10.5. The van der Waals surface area contributed by atoms with E-state index in [4.69, 9.17) is 23.7 Å². The molecule has 190 valence electrons. The molecule has 0 aromatic carbocycles. The van der Waals surface area contributed by atoms with Crippen molar-refractivity contribution in [1.82, 2.24) is 19.5 Å². The van der Waals surface area contributed by atoms with Crippen LogP contribution in [0.4, 0.5) is 0 Å². The highest BCUT2D eigenvalue weighted by Gasteiger charge is 2.51. The summed E-state index contributed by atoms with van der Waals surface area (Å²) in [4.78, 5) is 23.0. The average molecular weight is 508 g/mol. The minimum atomic E-state index is -1.63. The van der Waals surface area contributed by atoms with Gasteiger partial charge in [-0.3, -0.25) is 13.5 Å². The number of ether oxygens (including phenoxy) is 3. The van der Waals surface area contributed by atoms with Crippen LogP contribution in [0.15, 0.2) is 11.1 Å². The van der Waals surface area contributed by atoms with E-state index >= 15 is 0 Å². The van der Waals surface area contributed by atoms with Gasteiger partial charge in [-0.1, -0.05) is 5.04 Å². The molecule has 0 aliphatic carbocycles. The molecule has 4 rings (SSSR count). The van der Waals surface area contributed by atoms with Gasteiger partial charge in [0.15, 0.2) is 36.0 Å². The monoisotopic (exact) mass is 508 g/mol. The van der Waals surface area contributed by atoms with Crippen LogP contribution in [0.3, 0.4) is 0 Å². The summed E-state index contributed by atoms with van der Waals surface area (Å²) in [6, 6.07) is 0. The third kappa shape index (κ3) is 4.83. The van der Waals surface area contributed by atoms with Crippen LogP contribution in [0.25, 0.3) is 11.2 Å². The molecule has 0 spiro atoms. The van der Waals surface area contributed by atoms with Crippen LogP contribution in [0.1, 0.15) is 19.0 Å². The third-order valence-corrected chi connectivity index (χ3v) is 5.92. The Hall–Kier alpha value is -1.74. The van der Waals surface area contributed by atoms with Gasteiger partial charge in [-0.05, 0) is 13.8 Å². The maximum atomic E-state index is 12.2. The number of nitrogens with one attached hydrogen (secondary N) is 1. The summed E-state index contributed by atoms with van der Waals surface area (Å²) in [5.41, 5.74) is -0.294. The summed E-state index contributed by atoms with van der Waals surface area (Å²) >= 11 is 0.276. The first kappa shape index (κ1) is 25.4. The summed E-state index contributed by atoms with van der Waals surface area (Å²) in [7, 11) is 0. The molecule has 0 amide bonds. The first-order valence-corrected chi connectivity index (χ1v) is 10.8. The van der Waals surface area contributed by atoms with E-state index < -0.39 is 60.8 Å². The molecule has 34 heavy (non-hydrogen) atoms. The van der Waals surface area contributed by atoms with Crippen LogP contribution >= 0.6 is 12.3 Å². The van der Waals surface area contributed by atoms with E-state index in [0.29, 0.717) is 5.82 Å². The van der Waals surface area contributed by atoms with E-state index in [9.17, 15) is 25.2 Å². The quantitative estimate of drug-likeness (QED) is 0.0973. The number of aliphatic hydroxyl groups is 4. The topological polar surface area (TPSA) is 220 Å². The van der Waals surface area contributed by atoms with Crippen molar-refractivity contribution in [2.24, 2.45) is 0 Å². The Morgan fingerprint density at radius 2 is 1.94 bits per heavy atom. The number of hydrogen-bond donors (Lipinski definition) is 6. The van der Waals surface area contributed by atoms with E-state index in [1.54, 1.807) is 6.92 Å². The predicted molar refractivity (Wildman–Crippen MR) is 108 cm³/mol. The summed E-state index contributed by atoms with van der Waals surface area (Å²) in [6.07, 6.45) is -10.3. The van der Waals surface area contributed by atoms with Crippen molar-refractivity contribution in [3.8, 4) is 0 Å². The maximum Gasteiger partial charge on any atom is 0.279 e. The van der Waals surface area contributed by atoms with E-state index in [2.05, 4.69) is 24.3 Å². The molecule has 16 nitrogen and oxygen atoms in total. The van der Waals surface area contributed by atoms with Crippen molar-refractivity contribution in [2.45, 2.75) is 69.1 Å². The second-order valence-electron chi connectivity index (χ2n) is 7.81. The number of imidazole rings is 1. The largest absolute Gasteiger partial charge is 0.388 e. The number of aliphatic hydroxyl groups excluding tert-OH is 4. The Morgan fingerprint density at radius 1 is 1.18 bits per heavy atom. The van der Waals surface area contributed by atoms with E-state index in [0.717, 1.165) is 0 Å². The van der Waals surface area contributed by atoms with Gasteiger partial charge in [0.2, 0.25) is 0 Å². The number of H-pyrrole nitrogens is 1. The summed E-state index contributed by atoms with van der Waals surface area (Å²) in [5.74, 6) is 0.317. The van der Waals surface area contributed by atoms with Crippen LogP contribution in [0.5, 0.6) is 0 Å². The fourth-order valence-electron chi connectivity index (χ4n) is 3.88. The molecule has 3 unspecified atom stereocenters. The number of fused-ring (bicyclic) bond motifs is 1. The predicted octanol–water partition coefficient (Wildman–Crippen LogP) is -2.10. The second-order valence-corrected chi connectivity index (χ2v) is 8.32. The molecule has 2 aliphatic heterocycles. The highest BCUT2D eigenvalue weighted by molar-refractivity contribution is 7.89. The first-order chi connectivity index (χ1) is 16.2. The van der Waals surface area contributed by atoms with Gasteiger partial charge in [0.05, 0.1) is 19.0 Å². The Labute approximate surface area is 195 Å².